The fourth-order valence-corrected chi connectivity index (χ4v) is 3.14. The highest BCUT2D eigenvalue weighted by molar-refractivity contribution is 7.99. The van der Waals surface area contributed by atoms with E-state index < -0.39 is 5.72 Å². The molecule has 0 fully saturated rings. The maximum Gasteiger partial charge on any atom is 0.295 e. The van der Waals surface area contributed by atoms with E-state index in [0.29, 0.717) is 21.5 Å². The molecule has 1 N–H and O–H groups in total. The summed E-state index contributed by atoms with van der Waals surface area (Å²) in [6.45, 7) is 1.58. The van der Waals surface area contributed by atoms with Crippen LogP contribution in [0.2, 0.25) is 5.02 Å². The lowest BCUT2D eigenvalue weighted by Crippen LogP contribution is -2.37. The largest absolute Gasteiger partial charge is 0.365 e. The van der Waals surface area contributed by atoms with E-state index in [4.69, 9.17) is 11.6 Å². The van der Waals surface area contributed by atoms with Crippen molar-refractivity contribution in [1.29, 1.82) is 0 Å². The number of thioether (sulfide) groups is 1. The van der Waals surface area contributed by atoms with E-state index >= 15 is 0 Å². The fraction of sp³-hybridized carbons (Fsp3) is 0.250. The van der Waals surface area contributed by atoms with Crippen LogP contribution in [0.25, 0.3) is 0 Å². The molecule has 1 atom stereocenters. The number of aliphatic hydroxyl groups is 1. The molecule has 1 aliphatic heterocycles. The van der Waals surface area contributed by atoms with Gasteiger partial charge in [-0.1, -0.05) is 35.5 Å². The monoisotopic (exact) mass is 295 g/mol. The summed E-state index contributed by atoms with van der Waals surface area (Å²) in [6.07, 6.45) is 0. The SMILES string of the molecule is Cc1nn2c(nc1=O)SCC2(O)c1ccc(Cl)cc1. The predicted molar refractivity (Wildman–Crippen MR) is 72.5 cm³/mol. The van der Waals surface area contributed by atoms with Crippen LogP contribution in [0.5, 0.6) is 0 Å². The molecule has 2 aromatic rings. The fourth-order valence-electron chi connectivity index (χ4n) is 1.93. The van der Waals surface area contributed by atoms with Gasteiger partial charge in [0, 0.05) is 10.6 Å². The van der Waals surface area contributed by atoms with Gasteiger partial charge in [-0.3, -0.25) is 4.79 Å². The minimum atomic E-state index is -1.30. The van der Waals surface area contributed by atoms with E-state index in [0.717, 1.165) is 0 Å². The van der Waals surface area contributed by atoms with Crippen molar-refractivity contribution in [1.82, 2.24) is 14.8 Å². The van der Waals surface area contributed by atoms with Crippen molar-refractivity contribution >= 4 is 23.4 Å². The van der Waals surface area contributed by atoms with Crippen molar-refractivity contribution in [2.45, 2.75) is 17.8 Å². The Morgan fingerprint density at radius 1 is 1.42 bits per heavy atom. The molecule has 3 rings (SSSR count). The molecule has 1 aromatic carbocycles. The standard InChI is InChI=1S/C12H10ClN3O2S/c1-7-10(17)14-11-16(15-7)12(18,6-19-11)8-2-4-9(13)5-3-8/h2-5,18H,6H2,1H3. The molecule has 5 nitrogen and oxygen atoms in total. The lowest BCUT2D eigenvalue weighted by atomic mass is 10.1. The lowest BCUT2D eigenvalue weighted by molar-refractivity contribution is 0.0116. The average molecular weight is 296 g/mol. The van der Waals surface area contributed by atoms with Crippen LogP contribution in [0.4, 0.5) is 0 Å². The molecule has 19 heavy (non-hydrogen) atoms. The summed E-state index contributed by atoms with van der Waals surface area (Å²) in [5, 5.41) is 16.0. The Balaban J connectivity index is 2.17. The zero-order valence-corrected chi connectivity index (χ0v) is 11.6. The van der Waals surface area contributed by atoms with Crippen molar-refractivity contribution in [2.24, 2.45) is 0 Å². The van der Waals surface area contributed by atoms with Gasteiger partial charge in [0.1, 0.15) is 5.69 Å². The topological polar surface area (TPSA) is 68.0 Å². The second kappa shape index (κ2) is 4.33. The number of aromatic nitrogens is 3. The van der Waals surface area contributed by atoms with E-state index in [-0.39, 0.29) is 11.3 Å². The molecule has 0 saturated heterocycles. The molecule has 1 unspecified atom stereocenters. The number of aryl methyl sites for hydroxylation is 1. The van der Waals surface area contributed by atoms with Gasteiger partial charge >= 0.3 is 0 Å². The first kappa shape index (κ1) is 12.7. The van der Waals surface area contributed by atoms with Gasteiger partial charge in [0.15, 0.2) is 10.9 Å². The summed E-state index contributed by atoms with van der Waals surface area (Å²) in [6, 6.07) is 6.90. The van der Waals surface area contributed by atoms with Crippen LogP contribution < -0.4 is 5.56 Å². The summed E-state index contributed by atoms with van der Waals surface area (Å²) < 4.78 is 1.40. The van der Waals surface area contributed by atoms with E-state index in [1.807, 2.05) is 0 Å². The normalized spacial score (nSPS) is 21.4. The molecular weight excluding hydrogens is 286 g/mol. The van der Waals surface area contributed by atoms with Crippen molar-refractivity contribution < 1.29 is 5.11 Å². The summed E-state index contributed by atoms with van der Waals surface area (Å²) >= 11 is 7.15. The molecule has 0 aliphatic carbocycles. The first-order chi connectivity index (χ1) is 9.00. The van der Waals surface area contributed by atoms with Crippen molar-refractivity contribution in [2.75, 3.05) is 5.75 Å². The van der Waals surface area contributed by atoms with E-state index in [1.165, 1.54) is 16.4 Å². The first-order valence-electron chi connectivity index (χ1n) is 5.60. The average Bonchev–Trinajstić information content (AvgIpc) is 2.70. The van der Waals surface area contributed by atoms with Gasteiger partial charge in [-0.2, -0.15) is 10.1 Å². The quantitative estimate of drug-likeness (QED) is 0.861. The number of fused-ring (bicyclic) bond motifs is 1. The molecule has 0 bridgehead atoms. The molecule has 1 aromatic heterocycles. The lowest BCUT2D eigenvalue weighted by Gasteiger charge is -2.24. The minimum absolute atomic E-state index is 0.263. The number of rotatable bonds is 1. The maximum atomic E-state index is 11.5. The second-order valence-corrected chi connectivity index (χ2v) is 5.69. The van der Waals surface area contributed by atoms with Crippen LogP contribution in [-0.2, 0) is 5.72 Å². The summed E-state index contributed by atoms with van der Waals surface area (Å²) in [7, 11) is 0. The number of benzene rings is 1. The van der Waals surface area contributed by atoms with Crippen molar-refractivity contribution in [3.8, 4) is 0 Å². The highest BCUT2D eigenvalue weighted by atomic mass is 35.5. The van der Waals surface area contributed by atoms with E-state index in [9.17, 15) is 9.90 Å². The van der Waals surface area contributed by atoms with Crippen LogP contribution >= 0.6 is 23.4 Å². The molecule has 7 heteroatoms. The van der Waals surface area contributed by atoms with Crippen molar-refractivity contribution in [3.63, 3.8) is 0 Å². The molecule has 98 valence electrons. The maximum absolute atomic E-state index is 11.5. The Kier molecular flexibility index (Phi) is 2.88. The summed E-state index contributed by atoms with van der Waals surface area (Å²) in [4.78, 5) is 15.4. The van der Waals surface area contributed by atoms with E-state index in [2.05, 4.69) is 10.1 Å². The zero-order chi connectivity index (χ0) is 13.6. The highest BCUT2D eigenvalue weighted by Gasteiger charge is 2.40. The third-order valence-electron chi connectivity index (χ3n) is 3.00. The van der Waals surface area contributed by atoms with Crippen LogP contribution in [0, 0.1) is 6.92 Å². The Morgan fingerprint density at radius 2 is 2.11 bits per heavy atom. The van der Waals surface area contributed by atoms with Crippen molar-refractivity contribution in [3.05, 3.63) is 50.9 Å². The van der Waals surface area contributed by atoms with Crippen LogP contribution in [0.15, 0.2) is 34.2 Å². The Hall–Kier alpha value is -1.37. The molecule has 0 amide bonds. The van der Waals surface area contributed by atoms with Gasteiger partial charge < -0.3 is 5.11 Å². The molecule has 1 aliphatic rings. The number of halogens is 1. The number of hydrogen-bond donors (Lipinski definition) is 1. The van der Waals surface area contributed by atoms with E-state index in [1.54, 1.807) is 31.2 Å². The molecule has 0 saturated carbocycles. The van der Waals surface area contributed by atoms with Crippen LogP contribution in [-0.4, -0.2) is 25.6 Å². The Bertz CT molecular complexity index is 701. The summed E-state index contributed by atoms with van der Waals surface area (Å²) in [5.41, 5.74) is -0.728. The zero-order valence-electron chi connectivity index (χ0n) is 10.00. The molecule has 0 radical (unpaired) electrons. The highest BCUT2D eigenvalue weighted by Crippen LogP contribution is 2.38. The second-order valence-electron chi connectivity index (χ2n) is 4.31. The third-order valence-corrected chi connectivity index (χ3v) is 4.32. The Morgan fingerprint density at radius 3 is 2.79 bits per heavy atom. The van der Waals surface area contributed by atoms with Gasteiger partial charge in [-0.25, -0.2) is 4.68 Å². The third kappa shape index (κ3) is 1.96. The van der Waals surface area contributed by atoms with Gasteiger partial charge in [-0.05, 0) is 19.1 Å². The molecular formula is C12H10ClN3O2S. The summed E-state index contributed by atoms with van der Waals surface area (Å²) in [5.74, 6) is 0.359. The Labute approximate surface area is 118 Å². The van der Waals surface area contributed by atoms with Gasteiger partial charge in [0.05, 0.1) is 5.75 Å². The van der Waals surface area contributed by atoms with Gasteiger partial charge in [0.25, 0.3) is 5.56 Å². The number of hydrogen-bond acceptors (Lipinski definition) is 5. The van der Waals surface area contributed by atoms with Gasteiger partial charge in [-0.15, -0.1) is 0 Å². The minimum Gasteiger partial charge on any atom is -0.365 e. The van der Waals surface area contributed by atoms with Crippen LogP contribution in [0.1, 0.15) is 11.3 Å². The number of nitrogens with zero attached hydrogens (tertiary/aromatic N) is 3. The smallest absolute Gasteiger partial charge is 0.295 e. The molecule has 0 spiro atoms. The van der Waals surface area contributed by atoms with Gasteiger partial charge in [0.2, 0.25) is 0 Å². The van der Waals surface area contributed by atoms with Crippen LogP contribution in [0.3, 0.4) is 0 Å². The first-order valence-corrected chi connectivity index (χ1v) is 6.97. The predicted octanol–water partition coefficient (Wildman–Crippen LogP) is 1.40. The molecule has 2 heterocycles.